The number of hydrogen-bond donors (Lipinski definition) is 1. The zero-order chi connectivity index (χ0) is 10.1. The van der Waals surface area contributed by atoms with Gasteiger partial charge < -0.3 is 5.11 Å². The van der Waals surface area contributed by atoms with Crippen LogP contribution in [0.5, 0.6) is 0 Å². The summed E-state index contributed by atoms with van der Waals surface area (Å²) in [6, 6.07) is 5.69. The quantitative estimate of drug-likeness (QED) is 0.753. The van der Waals surface area contributed by atoms with Gasteiger partial charge in [0.2, 0.25) is 0 Å². The van der Waals surface area contributed by atoms with Gasteiger partial charge in [0.05, 0.1) is 5.60 Å². The minimum absolute atomic E-state index is 0.0204. The predicted octanol–water partition coefficient (Wildman–Crippen LogP) is 2.85. The van der Waals surface area contributed by atoms with Crippen molar-refractivity contribution in [2.24, 2.45) is 0 Å². The fraction of sp³-hybridized carbons (Fsp3) is 0.400. The number of rotatable bonds is 2. The molecule has 0 spiro atoms. The first-order valence-electron chi connectivity index (χ1n) is 4.02. The SMILES string of the molecule is CC(C)(O)c1ccc(C(F)F)cc1. The Bertz CT molecular complexity index is 272. The van der Waals surface area contributed by atoms with Crippen LogP contribution in [0.4, 0.5) is 8.78 Å². The molecule has 0 atom stereocenters. The van der Waals surface area contributed by atoms with E-state index in [0.717, 1.165) is 0 Å². The molecule has 0 fully saturated rings. The summed E-state index contributed by atoms with van der Waals surface area (Å²) < 4.78 is 24.3. The molecule has 0 saturated heterocycles. The Morgan fingerprint density at radius 3 is 1.92 bits per heavy atom. The van der Waals surface area contributed by atoms with Crippen LogP contribution >= 0.6 is 0 Å². The Morgan fingerprint density at radius 1 is 1.15 bits per heavy atom. The zero-order valence-electron chi connectivity index (χ0n) is 7.59. The number of halogens is 2. The third-order valence-corrected chi connectivity index (χ3v) is 1.87. The first-order valence-corrected chi connectivity index (χ1v) is 4.02. The zero-order valence-corrected chi connectivity index (χ0v) is 7.59. The van der Waals surface area contributed by atoms with Gasteiger partial charge in [0.25, 0.3) is 6.43 Å². The molecule has 1 aromatic carbocycles. The third-order valence-electron chi connectivity index (χ3n) is 1.87. The molecule has 0 unspecified atom stereocenters. The van der Waals surface area contributed by atoms with Crippen LogP contribution < -0.4 is 0 Å². The Morgan fingerprint density at radius 2 is 1.62 bits per heavy atom. The van der Waals surface area contributed by atoms with Gasteiger partial charge in [0, 0.05) is 5.56 Å². The first kappa shape index (κ1) is 10.1. The van der Waals surface area contributed by atoms with Crippen LogP contribution in [0.2, 0.25) is 0 Å². The smallest absolute Gasteiger partial charge is 0.263 e. The molecule has 13 heavy (non-hydrogen) atoms. The van der Waals surface area contributed by atoms with Gasteiger partial charge in [-0.05, 0) is 19.4 Å². The molecule has 72 valence electrons. The molecule has 0 heterocycles. The molecule has 0 aliphatic carbocycles. The minimum atomic E-state index is -2.45. The molecule has 0 bridgehead atoms. The highest BCUT2D eigenvalue weighted by atomic mass is 19.3. The number of aliphatic hydroxyl groups is 1. The van der Waals surface area contributed by atoms with E-state index in [0.29, 0.717) is 5.56 Å². The van der Waals surface area contributed by atoms with E-state index in [1.165, 1.54) is 24.3 Å². The topological polar surface area (TPSA) is 20.2 Å². The van der Waals surface area contributed by atoms with Crippen molar-refractivity contribution in [3.8, 4) is 0 Å². The van der Waals surface area contributed by atoms with Gasteiger partial charge in [-0.1, -0.05) is 24.3 Å². The Hall–Kier alpha value is -0.960. The van der Waals surface area contributed by atoms with E-state index < -0.39 is 12.0 Å². The molecule has 0 aromatic heterocycles. The Balaban J connectivity index is 2.94. The second kappa shape index (κ2) is 3.42. The van der Waals surface area contributed by atoms with Crippen LogP contribution in [-0.2, 0) is 5.60 Å². The summed E-state index contributed by atoms with van der Waals surface area (Å²) in [7, 11) is 0. The van der Waals surface area contributed by atoms with Gasteiger partial charge in [0.15, 0.2) is 0 Å². The van der Waals surface area contributed by atoms with Crippen LogP contribution in [0.3, 0.4) is 0 Å². The van der Waals surface area contributed by atoms with Crippen molar-refractivity contribution in [2.75, 3.05) is 0 Å². The molecule has 1 aromatic rings. The molecule has 1 N–H and O–H groups in total. The molecular weight excluding hydrogens is 174 g/mol. The van der Waals surface area contributed by atoms with Crippen molar-refractivity contribution < 1.29 is 13.9 Å². The van der Waals surface area contributed by atoms with Crippen LogP contribution in [0, 0.1) is 0 Å². The summed E-state index contributed by atoms with van der Waals surface area (Å²) >= 11 is 0. The average molecular weight is 186 g/mol. The van der Waals surface area contributed by atoms with E-state index in [9.17, 15) is 13.9 Å². The monoisotopic (exact) mass is 186 g/mol. The van der Waals surface area contributed by atoms with Gasteiger partial charge >= 0.3 is 0 Å². The van der Waals surface area contributed by atoms with Crippen molar-refractivity contribution in [3.05, 3.63) is 35.4 Å². The summed E-state index contributed by atoms with van der Waals surface area (Å²) in [6.45, 7) is 3.23. The van der Waals surface area contributed by atoms with E-state index in [-0.39, 0.29) is 5.56 Å². The maximum Gasteiger partial charge on any atom is 0.263 e. The highest BCUT2D eigenvalue weighted by Gasteiger charge is 2.16. The van der Waals surface area contributed by atoms with Gasteiger partial charge in [-0.2, -0.15) is 0 Å². The lowest BCUT2D eigenvalue weighted by Gasteiger charge is -2.17. The fourth-order valence-electron chi connectivity index (χ4n) is 1.04. The minimum Gasteiger partial charge on any atom is -0.386 e. The molecule has 3 heteroatoms. The van der Waals surface area contributed by atoms with Gasteiger partial charge in [0.1, 0.15) is 0 Å². The van der Waals surface area contributed by atoms with Crippen molar-refractivity contribution in [1.29, 1.82) is 0 Å². The number of alkyl halides is 2. The Labute approximate surface area is 76.0 Å². The average Bonchev–Trinajstić information content (AvgIpc) is 2.03. The van der Waals surface area contributed by atoms with E-state index >= 15 is 0 Å². The molecule has 0 saturated carbocycles. The summed E-state index contributed by atoms with van der Waals surface area (Å²) in [5.74, 6) is 0. The predicted molar refractivity (Wildman–Crippen MR) is 46.6 cm³/mol. The standard InChI is InChI=1S/C10H12F2O/c1-10(2,13)8-5-3-7(4-6-8)9(11)12/h3-6,9,13H,1-2H3. The summed E-state index contributed by atoms with van der Waals surface area (Å²) in [4.78, 5) is 0. The van der Waals surface area contributed by atoms with Crippen LogP contribution in [-0.4, -0.2) is 5.11 Å². The maximum atomic E-state index is 12.1. The summed E-state index contributed by atoms with van der Waals surface area (Å²) in [6.07, 6.45) is -2.45. The van der Waals surface area contributed by atoms with Gasteiger partial charge in [-0.3, -0.25) is 0 Å². The summed E-state index contributed by atoms with van der Waals surface area (Å²) in [5.41, 5.74) is -0.356. The highest BCUT2D eigenvalue weighted by molar-refractivity contribution is 5.26. The molecule has 0 amide bonds. The maximum absolute atomic E-state index is 12.1. The number of benzene rings is 1. The highest BCUT2D eigenvalue weighted by Crippen LogP contribution is 2.23. The largest absolute Gasteiger partial charge is 0.386 e. The van der Waals surface area contributed by atoms with Crippen LogP contribution in [0.15, 0.2) is 24.3 Å². The van der Waals surface area contributed by atoms with E-state index in [4.69, 9.17) is 0 Å². The number of hydrogen-bond acceptors (Lipinski definition) is 1. The lowest BCUT2D eigenvalue weighted by atomic mass is 9.97. The first-order chi connectivity index (χ1) is 5.91. The normalized spacial score (nSPS) is 12.2. The van der Waals surface area contributed by atoms with Crippen LogP contribution in [0.1, 0.15) is 31.4 Å². The van der Waals surface area contributed by atoms with Crippen molar-refractivity contribution in [2.45, 2.75) is 25.9 Å². The lowest BCUT2D eigenvalue weighted by molar-refractivity contribution is 0.0784. The van der Waals surface area contributed by atoms with E-state index in [2.05, 4.69) is 0 Å². The molecule has 0 aliphatic heterocycles. The second-order valence-corrected chi connectivity index (χ2v) is 3.48. The molecule has 1 rings (SSSR count). The van der Waals surface area contributed by atoms with Gasteiger partial charge in [-0.25, -0.2) is 8.78 Å². The summed E-state index contributed by atoms with van der Waals surface area (Å²) in [5, 5.41) is 9.53. The van der Waals surface area contributed by atoms with Crippen LogP contribution in [0.25, 0.3) is 0 Å². The van der Waals surface area contributed by atoms with Crippen molar-refractivity contribution >= 4 is 0 Å². The van der Waals surface area contributed by atoms with Crippen molar-refractivity contribution in [1.82, 2.24) is 0 Å². The van der Waals surface area contributed by atoms with Crippen molar-refractivity contribution in [3.63, 3.8) is 0 Å². The molecule has 0 radical (unpaired) electrons. The van der Waals surface area contributed by atoms with Gasteiger partial charge in [-0.15, -0.1) is 0 Å². The molecule has 0 aliphatic rings. The van der Waals surface area contributed by atoms with E-state index in [1.54, 1.807) is 13.8 Å². The molecular formula is C10H12F2O. The lowest BCUT2D eigenvalue weighted by Crippen LogP contribution is -2.15. The Kier molecular flexibility index (Phi) is 2.66. The molecule has 1 nitrogen and oxygen atoms in total. The van der Waals surface area contributed by atoms with E-state index in [1.807, 2.05) is 0 Å². The third kappa shape index (κ3) is 2.49. The fourth-order valence-corrected chi connectivity index (χ4v) is 1.04. The second-order valence-electron chi connectivity index (χ2n) is 3.48.